The highest BCUT2D eigenvalue weighted by Crippen LogP contribution is 2.32. The molecule has 1 atom stereocenters. The summed E-state index contributed by atoms with van der Waals surface area (Å²) in [4.78, 5) is 13.0. The molecule has 11 heteroatoms. The van der Waals surface area contributed by atoms with Crippen molar-refractivity contribution in [2.24, 2.45) is 14.1 Å². The fraction of sp³-hybridized carbons (Fsp3) is 0.286. The Bertz CT molecular complexity index is 1490. The summed E-state index contributed by atoms with van der Waals surface area (Å²) < 4.78 is 27.8. The monoisotopic (exact) mass is 450 g/mol. The van der Waals surface area contributed by atoms with Crippen LogP contribution in [-0.4, -0.2) is 44.0 Å². The van der Waals surface area contributed by atoms with Gasteiger partial charge < -0.3 is 9.88 Å². The van der Waals surface area contributed by atoms with Gasteiger partial charge in [-0.1, -0.05) is 0 Å². The number of hydrogen-bond acceptors (Lipinski definition) is 8. The van der Waals surface area contributed by atoms with E-state index in [1.54, 1.807) is 17.8 Å². The summed E-state index contributed by atoms with van der Waals surface area (Å²) in [5.41, 5.74) is 4.72. The third kappa shape index (κ3) is 3.69. The molecule has 164 valence electrons. The van der Waals surface area contributed by atoms with Crippen molar-refractivity contribution in [3.8, 4) is 17.3 Å². The van der Waals surface area contributed by atoms with E-state index in [1.807, 2.05) is 50.0 Å². The first-order chi connectivity index (χ1) is 15.1. The first kappa shape index (κ1) is 21.5. The van der Waals surface area contributed by atoms with E-state index in [9.17, 15) is 13.7 Å². The minimum atomic E-state index is -3.65. The molecular weight excluding hydrogens is 428 g/mol. The number of nitrogens with zero attached hydrogens (tertiary/aromatic N) is 7. The molecule has 4 heterocycles. The number of aromatic nitrogens is 6. The largest absolute Gasteiger partial charge is 0.361 e. The van der Waals surface area contributed by atoms with E-state index in [4.69, 9.17) is 4.98 Å². The van der Waals surface area contributed by atoms with Crippen molar-refractivity contribution in [3.05, 3.63) is 47.5 Å². The third-order valence-corrected chi connectivity index (χ3v) is 6.12. The molecule has 1 N–H and O–H groups in total. The quantitative estimate of drug-likeness (QED) is 0.459. The lowest BCUT2D eigenvalue weighted by Gasteiger charge is -2.19. The van der Waals surface area contributed by atoms with Gasteiger partial charge in [0.1, 0.15) is 17.5 Å². The molecule has 0 aliphatic rings. The highest BCUT2D eigenvalue weighted by molar-refractivity contribution is 7.90. The molecule has 0 aromatic carbocycles. The maximum atomic E-state index is 12.0. The van der Waals surface area contributed by atoms with E-state index in [1.165, 1.54) is 0 Å². The highest BCUT2D eigenvalue weighted by atomic mass is 32.2. The van der Waals surface area contributed by atoms with Gasteiger partial charge in [-0.3, -0.25) is 4.68 Å². The summed E-state index contributed by atoms with van der Waals surface area (Å²) in [5, 5.41) is 16.7. The first-order valence-corrected chi connectivity index (χ1v) is 11.7. The van der Waals surface area contributed by atoms with Crippen LogP contribution in [0, 0.1) is 18.3 Å². The van der Waals surface area contributed by atoms with Crippen LogP contribution in [0.1, 0.15) is 29.9 Å². The van der Waals surface area contributed by atoms with E-state index in [0.29, 0.717) is 5.69 Å². The molecule has 0 saturated heterocycles. The number of anilines is 1. The van der Waals surface area contributed by atoms with E-state index in [0.717, 1.165) is 28.5 Å². The molecule has 0 saturated carbocycles. The first-order valence-electron chi connectivity index (χ1n) is 9.80. The van der Waals surface area contributed by atoms with Crippen molar-refractivity contribution in [1.82, 2.24) is 29.3 Å². The van der Waals surface area contributed by atoms with E-state index in [2.05, 4.69) is 26.5 Å². The van der Waals surface area contributed by atoms with Gasteiger partial charge in [-0.25, -0.2) is 18.4 Å². The molecule has 0 aliphatic heterocycles. The number of rotatable bonds is 5. The van der Waals surface area contributed by atoms with Crippen LogP contribution in [0.3, 0.4) is 0 Å². The van der Waals surface area contributed by atoms with Gasteiger partial charge in [0.2, 0.25) is 15.0 Å². The second-order valence-electron chi connectivity index (χ2n) is 7.66. The molecule has 0 spiro atoms. The minimum Gasteiger partial charge on any atom is -0.361 e. The summed E-state index contributed by atoms with van der Waals surface area (Å²) in [5.74, 6) is 0.152. The van der Waals surface area contributed by atoms with Crippen LogP contribution in [0.2, 0.25) is 0 Å². The number of hydrogen-bond donors (Lipinski definition) is 1. The number of pyridine rings is 1. The Balaban J connectivity index is 1.87. The lowest BCUT2D eigenvalue weighted by Crippen LogP contribution is -2.16. The van der Waals surface area contributed by atoms with Gasteiger partial charge in [-0.05, 0) is 32.0 Å². The van der Waals surface area contributed by atoms with Crippen molar-refractivity contribution in [2.75, 3.05) is 11.6 Å². The molecule has 4 aromatic heterocycles. The SMILES string of the molecule is Cc1nc(S(C)(=O)=O)nc(N[C@@H](C)c2nc3ccn(C)c3cc2-c2ccnn2C)c1C#N. The smallest absolute Gasteiger partial charge is 0.249 e. The van der Waals surface area contributed by atoms with Gasteiger partial charge in [0.25, 0.3) is 0 Å². The van der Waals surface area contributed by atoms with Crippen molar-refractivity contribution in [3.63, 3.8) is 0 Å². The van der Waals surface area contributed by atoms with Crippen molar-refractivity contribution in [1.29, 1.82) is 5.26 Å². The van der Waals surface area contributed by atoms with Crippen LogP contribution in [-0.2, 0) is 23.9 Å². The van der Waals surface area contributed by atoms with Crippen LogP contribution in [0.25, 0.3) is 22.3 Å². The van der Waals surface area contributed by atoms with Crippen LogP contribution in [0.15, 0.2) is 35.7 Å². The lowest BCUT2D eigenvalue weighted by atomic mass is 10.0. The average Bonchev–Trinajstić information content (AvgIpc) is 3.31. The molecule has 0 aliphatic carbocycles. The molecule has 4 rings (SSSR count). The Kier molecular flexibility index (Phi) is 5.18. The standard InChI is InChI=1S/C21H22N8O2S/c1-12-15(11-22)20(27-21(25-12)32(5,30)31)24-13(2)19-14(17-6-8-23-29(17)4)10-18-16(26-19)7-9-28(18)3/h6-10,13H,1-5H3,(H,24,25,27)/t13-/m0/s1. The fourth-order valence-electron chi connectivity index (χ4n) is 3.60. The number of fused-ring (bicyclic) bond motifs is 1. The zero-order chi connectivity index (χ0) is 23.2. The summed E-state index contributed by atoms with van der Waals surface area (Å²) in [7, 11) is 0.156. The molecule has 0 amide bonds. The molecule has 0 unspecified atom stereocenters. The summed E-state index contributed by atoms with van der Waals surface area (Å²) in [6.45, 7) is 3.47. The highest BCUT2D eigenvalue weighted by Gasteiger charge is 2.23. The average molecular weight is 451 g/mol. The Morgan fingerprint density at radius 1 is 1.19 bits per heavy atom. The Hall–Kier alpha value is -3.78. The van der Waals surface area contributed by atoms with Crippen molar-refractivity contribution < 1.29 is 8.42 Å². The fourth-order valence-corrected chi connectivity index (χ4v) is 4.16. The Morgan fingerprint density at radius 2 is 1.94 bits per heavy atom. The number of nitriles is 1. The van der Waals surface area contributed by atoms with E-state index < -0.39 is 15.9 Å². The van der Waals surface area contributed by atoms with Crippen LogP contribution in [0.5, 0.6) is 0 Å². The molecular formula is C21H22N8O2S. The third-order valence-electron chi connectivity index (χ3n) is 5.27. The molecule has 0 bridgehead atoms. The Morgan fingerprint density at radius 3 is 2.56 bits per heavy atom. The maximum Gasteiger partial charge on any atom is 0.249 e. The second kappa shape index (κ2) is 7.72. The summed E-state index contributed by atoms with van der Waals surface area (Å²) in [6, 6.07) is 7.53. The summed E-state index contributed by atoms with van der Waals surface area (Å²) >= 11 is 0. The zero-order valence-electron chi connectivity index (χ0n) is 18.3. The minimum absolute atomic E-state index is 0.152. The lowest BCUT2D eigenvalue weighted by molar-refractivity contribution is 0.592. The number of aryl methyl sites for hydroxylation is 3. The normalized spacial score (nSPS) is 12.6. The van der Waals surface area contributed by atoms with Gasteiger partial charge in [-0.2, -0.15) is 15.3 Å². The zero-order valence-corrected chi connectivity index (χ0v) is 19.1. The van der Waals surface area contributed by atoms with Crippen LogP contribution < -0.4 is 5.32 Å². The number of nitrogens with one attached hydrogen (secondary N) is 1. The number of sulfone groups is 1. The molecule has 32 heavy (non-hydrogen) atoms. The van der Waals surface area contributed by atoms with Gasteiger partial charge in [-0.15, -0.1) is 0 Å². The second-order valence-corrected chi connectivity index (χ2v) is 9.57. The Labute approximate surface area is 185 Å². The van der Waals surface area contributed by atoms with Gasteiger partial charge in [0.15, 0.2) is 0 Å². The van der Waals surface area contributed by atoms with E-state index in [-0.39, 0.29) is 22.2 Å². The topological polar surface area (TPSA) is 131 Å². The van der Waals surface area contributed by atoms with Crippen molar-refractivity contribution in [2.45, 2.75) is 25.0 Å². The van der Waals surface area contributed by atoms with Gasteiger partial charge >= 0.3 is 0 Å². The van der Waals surface area contributed by atoms with Gasteiger partial charge in [0.05, 0.1) is 34.2 Å². The van der Waals surface area contributed by atoms with E-state index >= 15 is 0 Å². The predicted octanol–water partition coefficient (Wildman–Crippen LogP) is 2.52. The van der Waals surface area contributed by atoms with Crippen LogP contribution in [0.4, 0.5) is 5.82 Å². The van der Waals surface area contributed by atoms with Crippen LogP contribution >= 0.6 is 0 Å². The molecule has 10 nitrogen and oxygen atoms in total. The molecule has 4 aromatic rings. The predicted molar refractivity (Wildman–Crippen MR) is 120 cm³/mol. The summed E-state index contributed by atoms with van der Waals surface area (Å²) in [6.07, 6.45) is 4.69. The molecule has 0 radical (unpaired) electrons. The molecule has 0 fully saturated rings. The maximum absolute atomic E-state index is 12.0. The van der Waals surface area contributed by atoms with Gasteiger partial charge in [0, 0.05) is 38.3 Å². The van der Waals surface area contributed by atoms with Crippen molar-refractivity contribution >= 4 is 26.7 Å².